The first kappa shape index (κ1) is 15.5. The van der Waals surface area contributed by atoms with Gasteiger partial charge in [0.2, 0.25) is 5.91 Å². The fourth-order valence-electron chi connectivity index (χ4n) is 2.35. The molecule has 0 atom stereocenters. The lowest BCUT2D eigenvalue weighted by atomic mass is 10.1. The summed E-state index contributed by atoms with van der Waals surface area (Å²) in [7, 11) is 0. The third kappa shape index (κ3) is 3.56. The molecule has 0 saturated carbocycles. The van der Waals surface area contributed by atoms with Gasteiger partial charge in [0.15, 0.2) is 17.7 Å². The van der Waals surface area contributed by atoms with Crippen molar-refractivity contribution in [3.05, 3.63) is 61.1 Å². The number of rotatable bonds is 5. The van der Waals surface area contributed by atoms with Crippen molar-refractivity contribution in [1.29, 1.82) is 0 Å². The molecule has 0 radical (unpaired) electrons. The Bertz CT molecular complexity index is 978. The van der Waals surface area contributed by atoms with Crippen molar-refractivity contribution in [3.63, 3.8) is 0 Å². The highest BCUT2D eigenvalue weighted by Gasteiger charge is 2.10. The average Bonchev–Trinajstić information content (AvgIpc) is 3.29. The molecule has 1 amide bonds. The number of thioether (sulfide) groups is 1. The lowest BCUT2D eigenvalue weighted by Gasteiger charge is -2.05. The van der Waals surface area contributed by atoms with Gasteiger partial charge < -0.3 is 14.2 Å². The minimum Gasteiger partial charge on any atom is -0.444 e. The van der Waals surface area contributed by atoms with Gasteiger partial charge in [0, 0.05) is 11.3 Å². The molecule has 0 unspecified atom stereocenters. The van der Waals surface area contributed by atoms with Crippen LogP contribution in [0, 0.1) is 0 Å². The number of benzene rings is 2. The van der Waals surface area contributed by atoms with Crippen molar-refractivity contribution >= 4 is 34.5 Å². The summed E-state index contributed by atoms with van der Waals surface area (Å²) in [6.45, 7) is 0. The van der Waals surface area contributed by atoms with E-state index in [4.69, 9.17) is 8.83 Å². The number of carbonyl (C=O) groups is 1. The molecule has 2 aromatic carbocycles. The van der Waals surface area contributed by atoms with E-state index in [1.165, 1.54) is 18.2 Å². The fraction of sp³-hybridized carbons (Fsp3) is 0.0556. The third-order valence-electron chi connectivity index (χ3n) is 3.46. The van der Waals surface area contributed by atoms with E-state index in [0.717, 1.165) is 11.1 Å². The van der Waals surface area contributed by atoms with Crippen LogP contribution in [0.1, 0.15) is 0 Å². The highest BCUT2D eigenvalue weighted by Crippen LogP contribution is 2.24. The van der Waals surface area contributed by atoms with Crippen LogP contribution in [-0.2, 0) is 4.79 Å². The number of amides is 1. The minimum absolute atomic E-state index is 0.137. The first-order chi connectivity index (χ1) is 12.3. The number of para-hydroxylation sites is 2. The van der Waals surface area contributed by atoms with Crippen LogP contribution in [0.15, 0.2) is 75.2 Å². The number of oxazole rings is 2. The van der Waals surface area contributed by atoms with Gasteiger partial charge in [-0.2, -0.15) is 0 Å². The molecule has 6 nitrogen and oxygen atoms in total. The summed E-state index contributed by atoms with van der Waals surface area (Å²) >= 11 is 1.26. The predicted octanol–water partition coefficient (Wildman–Crippen LogP) is 4.21. The molecule has 0 saturated heterocycles. The second-order valence-corrected chi connectivity index (χ2v) is 6.16. The van der Waals surface area contributed by atoms with Crippen LogP contribution in [0.25, 0.3) is 22.4 Å². The Morgan fingerprint density at radius 3 is 2.92 bits per heavy atom. The Morgan fingerprint density at radius 1 is 1.16 bits per heavy atom. The Hall–Kier alpha value is -3.06. The van der Waals surface area contributed by atoms with Gasteiger partial charge in [0.1, 0.15) is 5.52 Å². The Balaban J connectivity index is 1.39. The number of nitrogens with zero attached hydrogens (tertiary/aromatic N) is 2. The number of hydrogen-bond donors (Lipinski definition) is 1. The van der Waals surface area contributed by atoms with Crippen molar-refractivity contribution in [3.8, 4) is 11.3 Å². The molecule has 7 heteroatoms. The van der Waals surface area contributed by atoms with E-state index in [1.807, 2.05) is 48.5 Å². The summed E-state index contributed by atoms with van der Waals surface area (Å²) in [4.78, 5) is 20.4. The second-order valence-electron chi connectivity index (χ2n) is 5.23. The molecule has 124 valence electrons. The van der Waals surface area contributed by atoms with E-state index in [9.17, 15) is 4.79 Å². The van der Waals surface area contributed by atoms with Gasteiger partial charge in [-0.3, -0.25) is 4.79 Å². The minimum atomic E-state index is -0.137. The van der Waals surface area contributed by atoms with E-state index >= 15 is 0 Å². The number of fused-ring (bicyclic) bond motifs is 1. The van der Waals surface area contributed by atoms with Gasteiger partial charge in [-0.15, -0.1) is 0 Å². The maximum absolute atomic E-state index is 12.2. The number of aromatic nitrogens is 2. The highest BCUT2D eigenvalue weighted by molar-refractivity contribution is 7.99. The van der Waals surface area contributed by atoms with Crippen LogP contribution >= 0.6 is 11.8 Å². The maximum Gasteiger partial charge on any atom is 0.257 e. The van der Waals surface area contributed by atoms with Crippen LogP contribution in [-0.4, -0.2) is 21.6 Å². The molecule has 2 aromatic heterocycles. The smallest absolute Gasteiger partial charge is 0.257 e. The van der Waals surface area contributed by atoms with E-state index in [-0.39, 0.29) is 11.7 Å². The Labute approximate surface area is 147 Å². The molecule has 0 bridgehead atoms. The van der Waals surface area contributed by atoms with Crippen molar-refractivity contribution in [2.24, 2.45) is 0 Å². The number of nitrogens with one attached hydrogen (secondary N) is 1. The van der Waals surface area contributed by atoms with Crippen molar-refractivity contribution < 1.29 is 13.6 Å². The molecule has 0 aliphatic carbocycles. The zero-order valence-corrected chi connectivity index (χ0v) is 13.8. The third-order valence-corrected chi connectivity index (χ3v) is 4.29. The van der Waals surface area contributed by atoms with E-state index in [0.29, 0.717) is 22.3 Å². The standard InChI is InChI=1S/C18H13N3O3S/c22-17(10-25-18-21-14-6-1-2-7-15(14)24-18)20-13-5-3-4-12(8-13)16-9-19-11-23-16/h1-9,11H,10H2,(H,20,22). The number of anilines is 1. The van der Waals surface area contributed by atoms with Crippen LogP contribution in [0.5, 0.6) is 0 Å². The molecule has 0 fully saturated rings. The summed E-state index contributed by atoms with van der Waals surface area (Å²) in [6.07, 6.45) is 3.00. The van der Waals surface area contributed by atoms with Gasteiger partial charge in [0.25, 0.3) is 5.22 Å². The van der Waals surface area contributed by atoms with Crippen LogP contribution in [0.3, 0.4) is 0 Å². The van der Waals surface area contributed by atoms with Gasteiger partial charge in [-0.1, -0.05) is 36.0 Å². The lowest BCUT2D eigenvalue weighted by molar-refractivity contribution is -0.113. The fourth-order valence-corrected chi connectivity index (χ4v) is 2.98. The van der Waals surface area contributed by atoms with E-state index in [1.54, 1.807) is 6.20 Å². The first-order valence-corrected chi connectivity index (χ1v) is 8.54. The molecule has 4 rings (SSSR count). The Morgan fingerprint density at radius 2 is 2.08 bits per heavy atom. The van der Waals surface area contributed by atoms with Gasteiger partial charge >= 0.3 is 0 Å². The largest absolute Gasteiger partial charge is 0.444 e. The highest BCUT2D eigenvalue weighted by atomic mass is 32.2. The molecule has 0 aliphatic heterocycles. The van der Waals surface area contributed by atoms with E-state index in [2.05, 4.69) is 15.3 Å². The maximum atomic E-state index is 12.2. The van der Waals surface area contributed by atoms with Crippen molar-refractivity contribution in [2.75, 3.05) is 11.1 Å². The van der Waals surface area contributed by atoms with Gasteiger partial charge in [-0.05, 0) is 24.3 Å². The topological polar surface area (TPSA) is 81.2 Å². The number of hydrogen-bond acceptors (Lipinski definition) is 6. The Kier molecular flexibility index (Phi) is 4.22. The lowest BCUT2D eigenvalue weighted by Crippen LogP contribution is -2.13. The zero-order chi connectivity index (χ0) is 17.1. The first-order valence-electron chi connectivity index (χ1n) is 7.55. The van der Waals surface area contributed by atoms with E-state index < -0.39 is 0 Å². The van der Waals surface area contributed by atoms with Crippen molar-refractivity contribution in [2.45, 2.75) is 5.22 Å². The van der Waals surface area contributed by atoms with Crippen LogP contribution < -0.4 is 5.32 Å². The molecule has 1 N–H and O–H groups in total. The SMILES string of the molecule is O=C(CSc1nc2ccccc2o1)Nc1cccc(-c2cnco2)c1. The summed E-state index contributed by atoms with van der Waals surface area (Å²) in [5.74, 6) is 0.721. The molecule has 2 heterocycles. The monoisotopic (exact) mass is 351 g/mol. The number of carbonyl (C=O) groups excluding carboxylic acids is 1. The zero-order valence-electron chi connectivity index (χ0n) is 13.0. The molecule has 4 aromatic rings. The van der Waals surface area contributed by atoms with Crippen LogP contribution in [0.2, 0.25) is 0 Å². The molecular formula is C18H13N3O3S. The summed E-state index contributed by atoms with van der Waals surface area (Å²) < 4.78 is 10.9. The molecular weight excluding hydrogens is 338 g/mol. The second kappa shape index (κ2) is 6.82. The molecule has 0 aliphatic rings. The summed E-state index contributed by atoms with van der Waals surface area (Å²) in [5, 5.41) is 3.34. The van der Waals surface area contributed by atoms with Crippen molar-refractivity contribution in [1.82, 2.24) is 9.97 Å². The molecule has 0 spiro atoms. The normalized spacial score (nSPS) is 10.9. The quantitative estimate of drug-likeness (QED) is 0.542. The summed E-state index contributed by atoms with van der Waals surface area (Å²) in [5.41, 5.74) is 3.04. The average molecular weight is 351 g/mol. The van der Waals surface area contributed by atoms with Gasteiger partial charge in [0.05, 0.1) is 11.9 Å². The summed E-state index contributed by atoms with van der Waals surface area (Å²) in [6, 6.07) is 14.9. The predicted molar refractivity (Wildman–Crippen MR) is 95.3 cm³/mol. The van der Waals surface area contributed by atoms with Crippen LogP contribution in [0.4, 0.5) is 5.69 Å². The molecule has 25 heavy (non-hydrogen) atoms. The van der Waals surface area contributed by atoms with Gasteiger partial charge in [-0.25, -0.2) is 9.97 Å².